The number of aromatic carboxylic acids is 1. The van der Waals surface area contributed by atoms with E-state index in [2.05, 4.69) is 31.2 Å². The summed E-state index contributed by atoms with van der Waals surface area (Å²) < 4.78 is 12.1. The van der Waals surface area contributed by atoms with Gasteiger partial charge in [-0.2, -0.15) is 0 Å². The molecule has 2 aliphatic rings. The highest BCUT2D eigenvalue weighted by atomic mass is 79.9. The first-order valence-corrected chi connectivity index (χ1v) is 11.4. The molecule has 1 aromatic carbocycles. The van der Waals surface area contributed by atoms with E-state index in [0.29, 0.717) is 31.7 Å². The number of carbonyl (C=O) groups is 2. The zero-order valence-electron chi connectivity index (χ0n) is 18.6. The predicted octanol–water partition coefficient (Wildman–Crippen LogP) is 3.52. The van der Waals surface area contributed by atoms with Gasteiger partial charge < -0.3 is 30.5 Å². The van der Waals surface area contributed by atoms with Crippen molar-refractivity contribution in [3.05, 3.63) is 40.1 Å². The number of carboxylic acids is 1. The molecule has 1 amide bonds. The van der Waals surface area contributed by atoms with Crippen molar-refractivity contribution in [2.24, 2.45) is 0 Å². The molecule has 1 fully saturated rings. The number of carboxylic acid groups (broad SMARTS) is 1. The molecular weight excluding hydrogens is 494 g/mol. The van der Waals surface area contributed by atoms with Gasteiger partial charge in [0, 0.05) is 31.5 Å². The lowest BCUT2D eigenvalue weighted by Crippen LogP contribution is -2.54. The number of para-hydroxylation sites is 1. The van der Waals surface area contributed by atoms with E-state index in [-0.39, 0.29) is 21.9 Å². The summed E-state index contributed by atoms with van der Waals surface area (Å²) in [5, 5.41) is 12.6. The van der Waals surface area contributed by atoms with Gasteiger partial charge in [-0.1, -0.05) is 18.2 Å². The first-order valence-electron chi connectivity index (χ1n) is 10.6. The Morgan fingerprint density at radius 1 is 1.27 bits per heavy atom. The van der Waals surface area contributed by atoms with E-state index in [0.717, 1.165) is 5.56 Å². The molecule has 1 saturated heterocycles. The minimum absolute atomic E-state index is 0.115. The summed E-state index contributed by atoms with van der Waals surface area (Å²) in [6.45, 7) is 6.31. The van der Waals surface area contributed by atoms with E-state index in [1.807, 2.05) is 49.9 Å². The van der Waals surface area contributed by atoms with Gasteiger partial charge in [0.15, 0.2) is 17.3 Å². The molecular formula is C22H26BrN5O5. The third-order valence-corrected chi connectivity index (χ3v) is 6.29. The summed E-state index contributed by atoms with van der Waals surface area (Å²) in [5.74, 6) is -0.145. The van der Waals surface area contributed by atoms with Gasteiger partial charge >= 0.3 is 12.1 Å². The number of rotatable bonds is 3. The Hall–Kier alpha value is -3.08. The number of aromatic nitrogens is 2. The average molecular weight is 520 g/mol. The van der Waals surface area contributed by atoms with Crippen LogP contribution in [0.2, 0.25) is 0 Å². The molecule has 33 heavy (non-hydrogen) atoms. The fourth-order valence-corrected chi connectivity index (χ4v) is 4.54. The van der Waals surface area contributed by atoms with Crippen LogP contribution < -0.4 is 20.7 Å². The van der Waals surface area contributed by atoms with Gasteiger partial charge in [-0.05, 0) is 42.8 Å². The number of carbonyl (C=O) groups excluding carboxylic acids is 1. The molecule has 2 aromatic rings. The van der Waals surface area contributed by atoms with E-state index in [9.17, 15) is 14.7 Å². The van der Waals surface area contributed by atoms with Crippen LogP contribution in [0.15, 0.2) is 28.9 Å². The maximum Gasteiger partial charge on any atom is 0.408 e. The molecule has 0 unspecified atom stereocenters. The van der Waals surface area contributed by atoms with Gasteiger partial charge in [0.05, 0.1) is 0 Å². The molecule has 0 saturated carbocycles. The number of benzene rings is 1. The predicted molar refractivity (Wildman–Crippen MR) is 124 cm³/mol. The van der Waals surface area contributed by atoms with Gasteiger partial charge in [-0.3, -0.25) is 0 Å². The minimum Gasteiger partial charge on any atom is -0.484 e. The molecule has 1 spiro atoms. The maximum absolute atomic E-state index is 12.6. The third-order valence-electron chi connectivity index (χ3n) is 5.70. The normalized spacial score (nSPS) is 19.0. The molecule has 4 N–H and O–H groups in total. The minimum atomic E-state index is -1.19. The molecule has 1 atom stereocenters. The molecule has 0 bridgehead atoms. The van der Waals surface area contributed by atoms with Crippen molar-refractivity contribution in [3.8, 4) is 5.75 Å². The number of anilines is 2. The van der Waals surface area contributed by atoms with Crippen molar-refractivity contribution < 1.29 is 24.2 Å². The van der Waals surface area contributed by atoms with Crippen LogP contribution in [0.4, 0.5) is 16.4 Å². The number of nitrogens with zero attached hydrogens (tertiary/aromatic N) is 3. The second-order valence-corrected chi connectivity index (χ2v) is 9.90. The lowest BCUT2D eigenvalue weighted by molar-refractivity contribution is 0.0148. The summed E-state index contributed by atoms with van der Waals surface area (Å²) in [4.78, 5) is 34.5. The Kier molecular flexibility index (Phi) is 5.85. The van der Waals surface area contributed by atoms with E-state index < -0.39 is 29.3 Å². The summed E-state index contributed by atoms with van der Waals surface area (Å²) in [7, 11) is 0. The quantitative estimate of drug-likeness (QED) is 0.555. The van der Waals surface area contributed by atoms with Gasteiger partial charge in [-0.25, -0.2) is 19.6 Å². The van der Waals surface area contributed by atoms with Crippen LogP contribution in [-0.2, 0) is 4.74 Å². The Bertz CT molecular complexity index is 1100. The number of ether oxygens (including phenoxy) is 2. The lowest BCUT2D eigenvalue weighted by atomic mass is 9.82. The fourth-order valence-electron chi connectivity index (χ4n) is 4.28. The van der Waals surface area contributed by atoms with Crippen LogP contribution in [0.25, 0.3) is 0 Å². The standard InChI is InChI=1S/C22H26BrN5O5/c1-21(2,3)33-20(31)26-15-12-6-4-5-7-13(12)32-22(15)8-10-28(11-9-22)18-14(19(29)30)25-16(23)17(24)27-18/h4-7,15H,8-11H2,1-3H3,(H2,24,27)(H,26,31)(H,29,30)/t15-/m1/s1. The number of hydrogen-bond acceptors (Lipinski definition) is 8. The molecule has 10 nitrogen and oxygen atoms in total. The Morgan fingerprint density at radius 2 is 1.94 bits per heavy atom. The third kappa shape index (κ3) is 4.54. The zero-order valence-corrected chi connectivity index (χ0v) is 20.2. The summed E-state index contributed by atoms with van der Waals surface area (Å²) in [6, 6.07) is 7.19. The number of nitrogens with one attached hydrogen (secondary N) is 1. The molecule has 0 radical (unpaired) electrons. The number of alkyl carbamates (subject to hydrolysis) is 1. The number of nitrogens with two attached hydrogens (primary N) is 1. The van der Waals surface area contributed by atoms with Gasteiger partial charge in [0.1, 0.15) is 27.6 Å². The van der Waals surface area contributed by atoms with Crippen LogP contribution in [0, 0.1) is 0 Å². The number of piperidine rings is 1. The van der Waals surface area contributed by atoms with Crippen LogP contribution in [0.5, 0.6) is 5.75 Å². The second-order valence-electron chi connectivity index (χ2n) is 9.15. The zero-order chi connectivity index (χ0) is 24.0. The SMILES string of the molecule is CC(C)(C)OC(=O)N[C@@H]1c2ccccc2OC12CCN(c1nc(N)c(Br)nc1C(=O)O)CC2. The molecule has 1 aromatic heterocycles. The topological polar surface area (TPSA) is 140 Å². The summed E-state index contributed by atoms with van der Waals surface area (Å²) in [6.07, 6.45) is 0.506. The Balaban J connectivity index is 1.59. The van der Waals surface area contributed by atoms with E-state index in [4.69, 9.17) is 15.2 Å². The van der Waals surface area contributed by atoms with Crippen LogP contribution >= 0.6 is 15.9 Å². The molecule has 3 heterocycles. The highest BCUT2D eigenvalue weighted by Gasteiger charge is 2.51. The molecule has 4 rings (SSSR count). The highest BCUT2D eigenvalue weighted by molar-refractivity contribution is 9.10. The van der Waals surface area contributed by atoms with Crippen molar-refractivity contribution in [3.63, 3.8) is 0 Å². The number of nitrogen functional groups attached to an aromatic ring is 1. The van der Waals surface area contributed by atoms with Crippen LogP contribution in [0.3, 0.4) is 0 Å². The fraction of sp³-hybridized carbons (Fsp3) is 0.455. The van der Waals surface area contributed by atoms with E-state index >= 15 is 0 Å². The summed E-state index contributed by atoms with van der Waals surface area (Å²) in [5.41, 5.74) is 5.25. The smallest absolute Gasteiger partial charge is 0.408 e. The molecule has 2 aliphatic heterocycles. The van der Waals surface area contributed by atoms with E-state index in [1.54, 1.807) is 0 Å². The van der Waals surface area contributed by atoms with Crippen molar-refractivity contribution in [2.45, 2.75) is 50.9 Å². The van der Waals surface area contributed by atoms with Crippen LogP contribution in [0.1, 0.15) is 55.7 Å². The van der Waals surface area contributed by atoms with Gasteiger partial charge in [0.2, 0.25) is 0 Å². The maximum atomic E-state index is 12.6. The number of hydrogen-bond donors (Lipinski definition) is 3. The number of amides is 1. The summed E-state index contributed by atoms with van der Waals surface area (Å²) >= 11 is 3.14. The number of halogens is 1. The first-order chi connectivity index (χ1) is 15.5. The first kappa shape index (κ1) is 23.1. The van der Waals surface area contributed by atoms with Crippen LogP contribution in [-0.4, -0.2) is 51.4 Å². The van der Waals surface area contributed by atoms with Crippen molar-refractivity contribution in [1.82, 2.24) is 15.3 Å². The van der Waals surface area contributed by atoms with Crippen molar-refractivity contribution >= 4 is 39.6 Å². The molecule has 176 valence electrons. The Morgan fingerprint density at radius 3 is 2.58 bits per heavy atom. The molecule has 0 aliphatic carbocycles. The second kappa shape index (κ2) is 8.36. The van der Waals surface area contributed by atoms with Crippen molar-refractivity contribution in [1.29, 1.82) is 0 Å². The molecule has 11 heteroatoms. The van der Waals surface area contributed by atoms with E-state index in [1.165, 1.54) is 0 Å². The lowest BCUT2D eigenvalue weighted by Gasteiger charge is -2.42. The highest BCUT2D eigenvalue weighted by Crippen LogP contribution is 2.48. The average Bonchev–Trinajstić information content (AvgIpc) is 3.01. The van der Waals surface area contributed by atoms with Gasteiger partial charge in [0.25, 0.3) is 0 Å². The Labute approximate surface area is 199 Å². The monoisotopic (exact) mass is 519 g/mol. The van der Waals surface area contributed by atoms with Gasteiger partial charge in [-0.15, -0.1) is 0 Å². The largest absolute Gasteiger partial charge is 0.484 e. The van der Waals surface area contributed by atoms with Crippen molar-refractivity contribution in [2.75, 3.05) is 23.7 Å². The number of fused-ring (bicyclic) bond motifs is 1.